The second-order valence-electron chi connectivity index (χ2n) is 6.48. The first kappa shape index (κ1) is 18.4. The molecule has 1 saturated heterocycles. The van der Waals surface area contributed by atoms with Gasteiger partial charge in [0.15, 0.2) is 5.69 Å². The predicted octanol–water partition coefficient (Wildman–Crippen LogP) is 0.973. The Kier molecular flexibility index (Phi) is 5.93. The molecule has 1 atom stereocenters. The number of nitrogens with one attached hydrogen (secondary N) is 2. The molecule has 1 aromatic heterocycles. The number of esters is 1. The summed E-state index contributed by atoms with van der Waals surface area (Å²) in [7, 11) is 1.32. The molecule has 0 bridgehead atoms. The molecule has 2 heterocycles. The highest BCUT2D eigenvalue weighted by Crippen LogP contribution is 2.21. The van der Waals surface area contributed by atoms with Crippen LogP contribution in [0.15, 0.2) is 0 Å². The van der Waals surface area contributed by atoms with E-state index in [1.165, 1.54) is 7.11 Å². The number of carbonyl (C=O) groups is 2. The lowest BCUT2D eigenvalue weighted by Gasteiger charge is -2.27. The number of hydrogen-bond acceptors (Lipinski definition) is 6. The van der Waals surface area contributed by atoms with E-state index in [0.29, 0.717) is 6.42 Å². The number of nitrogens with zero attached hydrogens (tertiary/aromatic N) is 3. The van der Waals surface area contributed by atoms with E-state index in [-0.39, 0.29) is 11.7 Å². The van der Waals surface area contributed by atoms with Gasteiger partial charge in [0.2, 0.25) is 0 Å². The first-order valence-electron chi connectivity index (χ1n) is 8.46. The van der Waals surface area contributed by atoms with Gasteiger partial charge < -0.3 is 15.4 Å². The highest BCUT2D eigenvalue weighted by atomic mass is 16.5. The summed E-state index contributed by atoms with van der Waals surface area (Å²) in [6.07, 6.45) is 3.15. The van der Waals surface area contributed by atoms with Gasteiger partial charge in [0.1, 0.15) is 5.54 Å². The van der Waals surface area contributed by atoms with Gasteiger partial charge in [0.25, 0.3) is 5.91 Å². The van der Waals surface area contributed by atoms with Crippen molar-refractivity contribution in [3.05, 3.63) is 11.4 Å². The van der Waals surface area contributed by atoms with Crippen LogP contribution in [0.1, 0.15) is 61.8 Å². The number of methoxy groups -OCH3 is 1. The van der Waals surface area contributed by atoms with Gasteiger partial charge in [-0.3, -0.25) is 4.79 Å². The molecule has 0 aromatic carbocycles. The van der Waals surface area contributed by atoms with Crippen LogP contribution in [0.2, 0.25) is 0 Å². The Labute approximate surface area is 142 Å². The minimum atomic E-state index is -1.06. The minimum Gasteiger partial charge on any atom is -0.467 e. The normalized spacial score (nSPS) is 18.0. The molecule has 1 amide bonds. The van der Waals surface area contributed by atoms with Crippen molar-refractivity contribution in [2.24, 2.45) is 0 Å². The molecule has 24 heavy (non-hydrogen) atoms. The average molecular weight is 337 g/mol. The average Bonchev–Trinajstić information content (AvgIpc) is 2.96. The van der Waals surface area contributed by atoms with E-state index < -0.39 is 17.4 Å². The van der Waals surface area contributed by atoms with Gasteiger partial charge in [-0.2, -0.15) is 0 Å². The Bertz CT molecular complexity index is 595. The van der Waals surface area contributed by atoms with Crippen LogP contribution >= 0.6 is 0 Å². The summed E-state index contributed by atoms with van der Waals surface area (Å²) in [5.74, 6) is -0.852. The highest BCUT2D eigenvalue weighted by Gasteiger charge is 2.36. The Morgan fingerprint density at radius 1 is 1.42 bits per heavy atom. The Morgan fingerprint density at radius 3 is 2.67 bits per heavy atom. The minimum absolute atomic E-state index is 0.253. The zero-order valence-electron chi connectivity index (χ0n) is 14.9. The number of ether oxygens (including phenoxy) is 1. The van der Waals surface area contributed by atoms with Gasteiger partial charge in [0, 0.05) is 0 Å². The molecule has 0 aliphatic carbocycles. The zero-order chi connectivity index (χ0) is 17.7. The molecule has 1 fully saturated rings. The molecule has 8 nitrogen and oxygen atoms in total. The Balaban J connectivity index is 2.17. The second-order valence-corrected chi connectivity index (χ2v) is 6.48. The summed E-state index contributed by atoms with van der Waals surface area (Å²) in [6.45, 7) is 7.33. The van der Waals surface area contributed by atoms with Crippen LogP contribution in [0.25, 0.3) is 0 Å². The fraction of sp³-hybridized carbons (Fsp3) is 0.750. The number of rotatable bonds is 6. The van der Waals surface area contributed by atoms with Gasteiger partial charge in [-0.1, -0.05) is 18.6 Å². The van der Waals surface area contributed by atoms with Crippen LogP contribution in [-0.4, -0.2) is 52.6 Å². The van der Waals surface area contributed by atoms with E-state index in [2.05, 4.69) is 20.9 Å². The van der Waals surface area contributed by atoms with Crippen LogP contribution < -0.4 is 10.6 Å². The van der Waals surface area contributed by atoms with Crippen molar-refractivity contribution in [1.29, 1.82) is 0 Å². The van der Waals surface area contributed by atoms with Crippen LogP contribution in [0, 0.1) is 6.92 Å². The Hall–Kier alpha value is -1.96. The van der Waals surface area contributed by atoms with E-state index in [1.807, 2.05) is 18.5 Å². The number of piperidine rings is 1. The summed E-state index contributed by atoms with van der Waals surface area (Å²) in [5.41, 5.74) is -0.0752. The summed E-state index contributed by atoms with van der Waals surface area (Å²) in [4.78, 5) is 24.7. The van der Waals surface area contributed by atoms with Gasteiger partial charge >= 0.3 is 5.97 Å². The molecule has 0 spiro atoms. The smallest absolute Gasteiger partial charge is 0.331 e. The summed E-state index contributed by atoms with van der Waals surface area (Å²) >= 11 is 0. The maximum absolute atomic E-state index is 12.6. The molecule has 1 aliphatic rings. The maximum Gasteiger partial charge on any atom is 0.331 e. The SMILES string of the molecule is CCCC(C)(NC(=O)c1nnn(C2CCNCC2)c1C)C(=O)OC. The molecule has 1 aliphatic heterocycles. The second kappa shape index (κ2) is 7.74. The van der Waals surface area contributed by atoms with E-state index in [9.17, 15) is 9.59 Å². The molecule has 1 aromatic rings. The lowest BCUT2D eigenvalue weighted by molar-refractivity contribution is -0.147. The molecule has 2 rings (SSSR count). The molecule has 134 valence electrons. The van der Waals surface area contributed by atoms with Crippen molar-refractivity contribution in [2.45, 2.75) is 58.0 Å². The summed E-state index contributed by atoms with van der Waals surface area (Å²) in [6, 6.07) is 0.253. The number of amides is 1. The highest BCUT2D eigenvalue weighted by molar-refractivity contribution is 5.97. The topological polar surface area (TPSA) is 98.1 Å². The molecule has 2 N–H and O–H groups in total. The van der Waals surface area contributed by atoms with Gasteiger partial charge in [-0.25, -0.2) is 9.48 Å². The van der Waals surface area contributed by atoms with Crippen LogP contribution in [0.4, 0.5) is 0 Å². The molecular formula is C16H27N5O3. The van der Waals surface area contributed by atoms with Crippen molar-refractivity contribution in [3.63, 3.8) is 0 Å². The third-order valence-corrected chi connectivity index (χ3v) is 4.57. The van der Waals surface area contributed by atoms with Crippen molar-refractivity contribution in [1.82, 2.24) is 25.6 Å². The Morgan fingerprint density at radius 2 is 2.08 bits per heavy atom. The summed E-state index contributed by atoms with van der Waals surface area (Å²) in [5, 5.41) is 14.3. The molecular weight excluding hydrogens is 310 g/mol. The fourth-order valence-electron chi connectivity index (χ4n) is 3.20. The van der Waals surface area contributed by atoms with E-state index in [1.54, 1.807) is 6.92 Å². The van der Waals surface area contributed by atoms with E-state index >= 15 is 0 Å². The van der Waals surface area contributed by atoms with Crippen molar-refractivity contribution in [2.75, 3.05) is 20.2 Å². The predicted molar refractivity (Wildman–Crippen MR) is 88.7 cm³/mol. The maximum atomic E-state index is 12.6. The number of carbonyl (C=O) groups excluding carboxylic acids is 2. The monoisotopic (exact) mass is 337 g/mol. The van der Waals surface area contributed by atoms with Crippen LogP contribution in [0.3, 0.4) is 0 Å². The summed E-state index contributed by atoms with van der Waals surface area (Å²) < 4.78 is 6.66. The molecule has 0 saturated carbocycles. The third kappa shape index (κ3) is 3.75. The van der Waals surface area contributed by atoms with E-state index in [4.69, 9.17) is 4.74 Å². The fourth-order valence-corrected chi connectivity index (χ4v) is 3.20. The lowest BCUT2D eigenvalue weighted by atomic mass is 9.96. The molecule has 1 unspecified atom stereocenters. The molecule has 8 heteroatoms. The van der Waals surface area contributed by atoms with Crippen molar-refractivity contribution >= 4 is 11.9 Å². The van der Waals surface area contributed by atoms with Crippen molar-refractivity contribution < 1.29 is 14.3 Å². The standard InChI is InChI=1S/C16H27N5O3/c1-5-8-16(3,15(23)24-4)18-14(22)13-11(2)21(20-19-13)12-6-9-17-10-7-12/h12,17H,5-10H2,1-4H3,(H,18,22). The lowest BCUT2D eigenvalue weighted by Crippen LogP contribution is -2.52. The van der Waals surface area contributed by atoms with Crippen molar-refractivity contribution in [3.8, 4) is 0 Å². The van der Waals surface area contributed by atoms with Crippen LogP contribution in [0.5, 0.6) is 0 Å². The first-order valence-corrected chi connectivity index (χ1v) is 8.46. The van der Waals surface area contributed by atoms with Crippen LogP contribution in [-0.2, 0) is 9.53 Å². The third-order valence-electron chi connectivity index (χ3n) is 4.57. The largest absolute Gasteiger partial charge is 0.467 e. The molecule has 0 radical (unpaired) electrons. The van der Waals surface area contributed by atoms with Gasteiger partial charge in [-0.15, -0.1) is 5.10 Å². The van der Waals surface area contributed by atoms with Gasteiger partial charge in [0.05, 0.1) is 18.8 Å². The first-order chi connectivity index (χ1) is 11.4. The number of hydrogen-bond donors (Lipinski definition) is 2. The zero-order valence-corrected chi connectivity index (χ0v) is 14.9. The quantitative estimate of drug-likeness (QED) is 0.751. The van der Waals surface area contributed by atoms with Gasteiger partial charge in [-0.05, 0) is 46.2 Å². The van der Waals surface area contributed by atoms with E-state index in [0.717, 1.165) is 38.0 Å². The number of aromatic nitrogens is 3.